The van der Waals surface area contributed by atoms with Gasteiger partial charge in [-0.3, -0.25) is 0 Å². The molecule has 0 aromatic carbocycles. The number of hydrogen-bond acceptors (Lipinski definition) is 5. The van der Waals surface area contributed by atoms with Crippen molar-refractivity contribution in [2.24, 2.45) is 0 Å². The molecular weight excluding hydrogens is 188 g/mol. The van der Waals surface area contributed by atoms with Gasteiger partial charge in [0, 0.05) is 7.11 Å². The van der Waals surface area contributed by atoms with Crippen molar-refractivity contribution in [3.63, 3.8) is 0 Å². The lowest BCUT2D eigenvalue weighted by Gasteiger charge is -2.22. The molecule has 14 heavy (non-hydrogen) atoms. The number of aldehydes is 1. The van der Waals surface area contributed by atoms with Gasteiger partial charge in [0.2, 0.25) is 0 Å². The third-order valence-electron chi connectivity index (χ3n) is 2.43. The van der Waals surface area contributed by atoms with Crippen LogP contribution in [0.5, 0.6) is 0 Å². The second-order valence-corrected chi connectivity index (χ2v) is 3.91. The molecular formula is C9H14O5. The predicted molar refractivity (Wildman–Crippen MR) is 45.6 cm³/mol. The van der Waals surface area contributed by atoms with Crippen LogP contribution in [0.25, 0.3) is 0 Å². The van der Waals surface area contributed by atoms with Crippen LogP contribution < -0.4 is 0 Å². The molecule has 2 heterocycles. The van der Waals surface area contributed by atoms with Crippen LogP contribution in [0.4, 0.5) is 0 Å². The lowest BCUT2D eigenvalue weighted by atomic mass is 10.1. The first-order valence-electron chi connectivity index (χ1n) is 4.56. The fourth-order valence-electron chi connectivity index (χ4n) is 1.88. The van der Waals surface area contributed by atoms with Crippen LogP contribution in [0, 0.1) is 0 Å². The largest absolute Gasteiger partial charge is 0.375 e. The minimum Gasteiger partial charge on any atom is -0.375 e. The van der Waals surface area contributed by atoms with Crippen molar-refractivity contribution in [1.29, 1.82) is 0 Å². The van der Waals surface area contributed by atoms with Crippen molar-refractivity contribution in [1.82, 2.24) is 0 Å². The molecule has 2 fully saturated rings. The molecule has 0 amide bonds. The van der Waals surface area contributed by atoms with Crippen LogP contribution in [-0.4, -0.2) is 43.8 Å². The predicted octanol–water partition coefficient (Wildman–Crippen LogP) is 0.0767. The summed E-state index contributed by atoms with van der Waals surface area (Å²) in [4.78, 5) is 10.7. The van der Waals surface area contributed by atoms with Crippen molar-refractivity contribution >= 4 is 6.29 Å². The maximum Gasteiger partial charge on any atom is 0.190 e. The van der Waals surface area contributed by atoms with E-state index in [1.165, 1.54) is 7.11 Å². The van der Waals surface area contributed by atoms with E-state index in [9.17, 15) is 4.79 Å². The van der Waals surface area contributed by atoms with Gasteiger partial charge in [0.05, 0.1) is 0 Å². The molecule has 0 N–H and O–H groups in total. The lowest BCUT2D eigenvalue weighted by Crippen LogP contribution is -2.36. The third kappa shape index (κ3) is 1.46. The van der Waals surface area contributed by atoms with Gasteiger partial charge < -0.3 is 23.7 Å². The average molecular weight is 202 g/mol. The highest BCUT2D eigenvalue weighted by Crippen LogP contribution is 2.37. The van der Waals surface area contributed by atoms with E-state index in [1.807, 2.05) is 0 Å². The molecule has 2 rings (SSSR count). The van der Waals surface area contributed by atoms with Crippen LogP contribution in [0.15, 0.2) is 0 Å². The fraction of sp³-hybridized carbons (Fsp3) is 0.889. The molecule has 5 heteroatoms. The minimum absolute atomic E-state index is 0.315. The van der Waals surface area contributed by atoms with Crippen LogP contribution >= 0.6 is 0 Å². The molecule has 0 aromatic rings. The van der Waals surface area contributed by atoms with Gasteiger partial charge in [-0.25, -0.2) is 0 Å². The molecule has 80 valence electrons. The molecule has 0 bridgehead atoms. The first-order chi connectivity index (χ1) is 6.57. The summed E-state index contributed by atoms with van der Waals surface area (Å²) in [6.45, 7) is 3.61. The second kappa shape index (κ2) is 3.27. The Hall–Kier alpha value is -0.490. The summed E-state index contributed by atoms with van der Waals surface area (Å²) in [6, 6.07) is 0. The minimum atomic E-state index is -0.667. The van der Waals surface area contributed by atoms with E-state index in [2.05, 4.69) is 0 Å². The van der Waals surface area contributed by atoms with Crippen LogP contribution in [0.1, 0.15) is 13.8 Å². The number of rotatable bonds is 2. The van der Waals surface area contributed by atoms with E-state index >= 15 is 0 Å². The van der Waals surface area contributed by atoms with Gasteiger partial charge in [-0.05, 0) is 13.8 Å². The van der Waals surface area contributed by atoms with Gasteiger partial charge in [-0.2, -0.15) is 0 Å². The number of fused-ring (bicyclic) bond motifs is 1. The Morgan fingerprint density at radius 1 is 1.36 bits per heavy atom. The summed E-state index contributed by atoms with van der Waals surface area (Å²) in [7, 11) is 1.53. The standard InChI is InChI=1S/C9H14O5/c1-9(2)13-7-6(11-3)5(4-10)12-8(7)14-9/h4-8H,1-3H3/t5?,6?,7-,8-/m1/s1. The Morgan fingerprint density at radius 2 is 2.07 bits per heavy atom. The smallest absolute Gasteiger partial charge is 0.190 e. The summed E-state index contributed by atoms with van der Waals surface area (Å²) < 4.78 is 21.5. The molecule has 4 atom stereocenters. The topological polar surface area (TPSA) is 54.0 Å². The lowest BCUT2D eigenvalue weighted by molar-refractivity contribution is -0.213. The van der Waals surface area contributed by atoms with E-state index in [0.29, 0.717) is 6.29 Å². The van der Waals surface area contributed by atoms with Crippen molar-refractivity contribution in [2.75, 3.05) is 7.11 Å². The Balaban J connectivity index is 2.13. The first-order valence-corrected chi connectivity index (χ1v) is 4.56. The highest BCUT2D eigenvalue weighted by Gasteiger charge is 2.55. The second-order valence-electron chi connectivity index (χ2n) is 3.91. The maximum absolute atomic E-state index is 10.7. The number of ether oxygens (including phenoxy) is 4. The number of hydrogen-bond donors (Lipinski definition) is 0. The quantitative estimate of drug-likeness (QED) is 0.593. The van der Waals surface area contributed by atoms with Crippen molar-refractivity contribution in [2.45, 2.75) is 44.2 Å². The summed E-state index contributed by atoms with van der Waals surface area (Å²) in [5.41, 5.74) is 0. The van der Waals surface area contributed by atoms with E-state index in [1.54, 1.807) is 13.8 Å². The van der Waals surface area contributed by atoms with Crippen molar-refractivity contribution in [3.05, 3.63) is 0 Å². The highest BCUT2D eigenvalue weighted by molar-refractivity contribution is 5.58. The molecule has 2 aliphatic rings. The van der Waals surface area contributed by atoms with E-state index < -0.39 is 18.2 Å². The van der Waals surface area contributed by atoms with Gasteiger partial charge in [-0.15, -0.1) is 0 Å². The van der Waals surface area contributed by atoms with Gasteiger partial charge in [0.25, 0.3) is 0 Å². The summed E-state index contributed by atoms with van der Waals surface area (Å²) in [5, 5.41) is 0. The fourth-order valence-corrected chi connectivity index (χ4v) is 1.88. The monoisotopic (exact) mass is 202 g/mol. The summed E-state index contributed by atoms with van der Waals surface area (Å²) in [5.74, 6) is -0.667. The molecule has 2 saturated heterocycles. The molecule has 0 aromatic heterocycles. The molecule has 2 aliphatic heterocycles. The van der Waals surface area contributed by atoms with Crippen LogP contribution in [0.2, 0.25) is 0 Å². The molecule has 0 aliphatic carbocycles. The molecule has 0 saturated carbocycles. The van der Waals surface area contributed by atoms with Gasteiger partial charge >= 0.3 is 0 Å². The summed E-state index contributed by atoms with van der Waals surface area (Å²) in [6.07, 6.45) is -1.06. The number of carbonyl (C=O) groups is 1. The zero-order valence-corrected chi connectivity index (χ0v) is 8.43. The van der Waals surface area contributed by atoms with Crippen LogP contribution in [0.3, 0.4) is 0 Å². The Morgan fingerprint density at radius 3 is 2.64 bits per heavy atom. The Labute approximate surface area is 82.3 Å². The van der Waals surface area contributed by atoms with Gasteiger partial charge in [0.1, 0.15) is 18.3 Å². The zero-order valence-electron chi connectivity index (χ0n) is 8.43. The Bertz CT molecular complexity index is 239. The first kappa shape index (κ1) is 10.0. The highest BCUT2D eigenvalue weighted by atomic mass is 16.8. The maximum atomic E-state index is 10.7. The van der Waals surface area contributed by atoms with Crippen molar-refractivity contribution in [3.8, 4) is 0 Å². The number of carbonyl (C=O) groups excluding carboxylic acids is 1. The van der Waals surface area contributed by atoms with E-state index in [4.69, 9.17) is 18.9 Å². The number of methoxy groups -OCH3 is 1. The molecule has 2 unspecified atom stereocenters. The molecule has 0 radical (unpaired) electrons. The van der Waals surface area contributed by atoms with Gasteiger partial charge in [-0.1, -0.05) is 0 Å². The Kier molecular flexibility index (Phi) is 2.35. The van der Waals surface area contributed by atoms with Crippen LogP contribution in [-0.2, 0) is 23.7 Å². The zero-order chi connectivity index (χ0) is 10.3. The normalized spacial score (nSPS) is 45.1. The van der Waals surface area contributed by atoms with E-state index in [0.717, 1.165) is 0 Å². The third-order valence-corrected chi connectivity index (χ3v) is 2.43. The molecule has 5 nitrogen and oxygen atoms in total. The van der Waals surface area contributed by atoms with Gasteiger partial charge in [0.15, 0.2) is 18.4 Å². The summed E-state index contributed by atoms with van der Waals surface area (Å²) >= 11 is 0. The average Bonchev–Trinajstić information content (AvgIpc) is 2.55. The SMILES string of the molecule is COC1C(C=O)O[C@@H]2OC(C)(C)O[C@H]12. The van der Waals surface area contributed by atoms with Crippen molar-refractivity contribution < 1.29 is 23.7 Å². The van der Waals surface area contributed by atoms with E-state index in [-0.39, 0.29) is 12.2 Å². The molecule has 0 spiro atoms.